The summed E-state index contributed by atoms with van der Waals surface area (Å²) in [7, 11) is 2.20. The van der Waals surface area contributed by atoms with E-state index in [1.54, 1.807) is 11.3 Å². The molecule has 16 heavy (non-hydrogen) atoms. The van der Waals surface area contributed by atoms with Gasteiger partial charge in [-0.3, -0.25) is 0 Å². The molecule has 1 aromatic rings. The first-order valence-corrected chi connectivity index (χ1v) is 7.26. The Morgan fingerprint density at radius 1 is 1.44 bits per heavy atom. The first-order chi connectivity index (χ1) is 7.74. The minimum Gasteiger partial charge on any atom is -0.360 e. The maximum Gasteiger partial charge on any atom is 0.206 e. The fraction of sp³-hybridized carbons (Fsp3) is 0.800. The first kappa shape index (κ1) is 12.3. The van der Waals surface area contributed by atoms with Gasteiger partial charge in [0.15, 0.2) is 3.92 Å². The lowest BCUT2D eigenvalue weighted by Gasteiger charge is -2.28. The van der Waals surface area contributed by atoms with E-state index in [0.29, 0.717) is 0 Å². The van der Waals surface area contributed by atoms with Gasteiger partial charge in [0.05, 0.1) is 0 Å². The van der Waals surface area contributed by atoms with E-state index in [-0.39, 0.29) is 0 Å². The smallest absolute Gasteiger partial charge is 0.206 e. The first-order valence-electron chi connectivity index (χ1n) is 5.65. The zero-order valence-corrected chi connectivity index (χ0v) is 11.9. The van der Waals surface area contributed by atoms with Crippen molar-refractivity contribution in [3.05, 3.63) is 3.92 Å². The SMILES string of the molecule is CN1CCC(CCNc2nnc(Br)s2)CC1. The van der Waals surface area contributed by atoms with Gasteiger partial charge in [0, 0.05) is 6.54 Å². The molecule has 4 nitrogen and oxygen atoms in total. The van der Waals surface area contributed by atoms with Crippen LogP contribution in [0.4, 0.5) is 5.13 Å². The molecule has 2 rings (SSSR count). The maximum atomic E-state index is 4.01. The number of halogens is 1. The zero-order valence-electron chi connectivity index (χ0n) is 9.45. The summed E-state index contributed by atoms with van der Waals surface area (Å²) in [6, 6.07) is 0. The Balaban J connectivity index is 1.64. The normalized spacial score (nSPS) is 18.9. The van der Waals surface area contributed by atoms with Crippen molar-refractivity contribution in [1.29, 1.82) is 0 Å². The molecule has 1 aliphatic rings. The largest absolute Gasteiger partial charge is 0.360 e. The van der Waals surface area contributed by atoms with Gasteiger partial charge in [-0.2, -0.15) is 0 Å². The number of rotatable bonds is 4. The molecule has 0 spiro atoms. The predicted molar refractivity (Wildman–Crippen MR) is 70.9 cm³/mol. The van der Waals surface area contributed by atoms with E-state index in [1.807, 2.05) is 0 Å². The van der Waals surface area contributed by atoms with Crippen molar-refractivity contribution in [2.75, 3.05) is 32.0 Å². The highest BCUT2D eigenvalue weighted by molar-refractivity contribution is 9.11. The van der Waals surface area contributed by atoms with Gasteiger partial charge in [-0.15, -0.1) is 10.2 Å². The minimum absolute atomic E-state index is 0.842. The molecule has 6 heteroatoms. The lowest BCUT2D eigenvalue weighted by Crippen LogP contribution is -2.30. The maximum absolute atomic E-state index is 4.01. The van der Waals surface area contributed by atoms with Crippen molar-refractivity contribution in [1.82, 2.24) is 15.1 Å². The van der Waals surface area contributed by atoms with Crippen LogP contribution in [0.3, 0.4) is 0 Å². The number of likely N-dealkylation sites (tertiary alicyclic amines) is 1. The summed E-state index contributed by atoms with van der Waals surface area (Å²) in [5.41, 5.74) is 0. The fourth-order valence-corrected chi connectivity index (χ4v) is 3.05. The van der Waals surface area contributed by atoms with Crippen LogP contribution in [0.5, 0.6) is 0 Å². The van der Waals surface area contributed by atoms with Gasteiger partial charge >= 0.3 is 0 Å². The number of piperidine rings is 1. The molecular weight excluding hydrogens is 288 g/mol. The molecule has 0 saturated carbocycles. The third kappa shape index (κ3) is 3.68. The summed E-state index contributed by atoms with van der Waals surface area (Å²) >= 11 is 4.86. The third-order valence-corrected chi connectivity index (χ3v) is 4.38. The molecule has 1 N–H and O–H groups in total. The standard InChI is InChI=1S/C10H17BrN4S/c1-15-6-3-8(4-7-15)2-5-12-10-14-13-9(11)16-10/h8H,2-7H2,1H3,(H,12,14). The van der Waals surface area contributed by atoms with Gasteiger partial charge in [0.25, 0.3) is 0 Å². The number of hydrogen-bond donors (Lipinski definition) is 1. The van der Waals surface area contributed by atoms with Gasteiger partial charge in [-0.05, 0) is 61.2 Å². The Bertz CT molecular complexity index is 322. The predicted octanol–water partition coefficient (Wildman–Crippen LogP) is 2.44. The summed E-state index contributed by atoms with van der Waals surface area (Å²) in [4.78, 5) is 2.41. The molecule has 2 heterocycles. The molecule has 0 amide bonds. The minimum atomic E-state index is 0.842. The lowest BCUT2D eigenvalue weighted by molar-refractivity contribution is 0.215. The molecular formula is C10H17BrN4S. The Morgan fingerprint density at radius 2 is 2.19 bits per heavy atom. The quantitative estimate of drug-likeness (QED) is 0.928. The summed E-state index contributed by atoms with van der Waals surface area (Å²) in [5, 5.41) is 12.2. The molecule has 1 aromatic heterocycles. The van der Waals surface area contributed by atoms with Gasteiger partial charge < -0.3 is 10.2 Å². The van der Waals surface area contributed by atoms with Gasteiger partial charge in [-0.1, -0.05) is 11.3 Å². The molecule has 0 atom stereocenters. The number of nitrogens with zero attached hydrogens (tertiary/aromatic N) is 3. The Morgan fingerprint density at radius 3 is 2.81 bits per heavy atom. The van der Waals surface area contributed by atoms with Crippen molar-refractivity contribution >= 4 is 32.4 Å². The third-order valence-electron chi connectivity index (χ3n) is 3.07. The highest BCUT2D eigenvalue weighted by atomic mass is 79.9. The molecule has 1 saturated heterocycles. The van der Waals surface area contributed by atoms with Crippen molar-refractivity contribution in [2.45, 2.75) is 19.3 Å². The van der Waals surface area contributed by atoms with Crippen LogP contribution in [0.25, 0.3) is 0 Å². The second-order valence-electron chi connectivity index (χ2n) is 4.32. The zero-order chi connectivity index (χ0) is 11.4. The van der Waals surface area contributed by atoms with Crippen molar-refractivity contribution in [3.63, 3.8) is 0 Å². The molecule has 0 radical (unpaired) electrons. The van der Waals surface area contributed by atoms with E-state index in [2.05, 4.69) is 43.4 Å². The van der Waals surface area contributed by atoms with E-state index in [9.17, 15) is 0 Å². The highest BCUT2D eigenvalue weighted by Gasteiger charge is 2.16. The van der Waals surface area contributed by atoms with Crippen LogP contribution in [0.1, 0.15) is 19.3 Å². The monoisotopic (exact) mass is 304 g/mol. The van der Waals surface area contributed by atoms with E-state index in [1.165, 1.54) is 32.4 Å². The van der Waals surface area contributed by atoms with Crippen LogP contribution in [0, 0.1) is 5.92 Å². The average molecular weight is 305 g/mol. The number of aromatic nitrogens is 2. The molecule has 0 bridgehead atoms. The molecule has 1 fully saturated rings. The van der Waals surface area contributed by atoms with Gasteiger partial charge in [0.1, 0.15) is 0 Å². The molecule has 90 valence electrons. The van der Waals surface area contributed by atoms with Crippen molar-refractivity contribution in [2.24, 2.45) is 5.92 Å². The van der Waals surface area contributed by atoms with E-state index < -0.39 is 0 Å². The van der Waals surface area contributed by atoms with Crippen LogP contribution in [0.2, 0.25) is 0 Å². The van der Waals surface area contributed by atoms with Crippen molar-refractivity contribution in [3.8, 4) is 0 Å². The second kappa shape index (κ2) is 5.93. The summed E-state index contributed by atoms with van der Waals surface area (Å²) in [6.07, 6.45) is 3.90. The van der Waals surface area contributed by atoms with E-state index in [4.69, 9.17) is 0 Å². The molecule has 0 aliphatic carbocycles. The van der Waals surface area contributed by atoms with Crippen LogP contribution in [-0.2, 0) is 0 Å². The number of nitrogens with one attached hydrogen (secondary N) is 1. The highest BCUT2D eigenvalue weighted by Crippen LogP contribution is 2.22. The van der Waals surface area contributed by atoms with Gasteiger partial charge in [0.2, 0.25) is 5.13 Å². The van der Waals surface area contributed by atoms with Gasteiger partial charge in [-0.25, -0.2) is 0 Å². The summed E-state index contributed by atoms with van der Waals surface area (Å²) < 4.78 is 0.842. The lowest BCUT2D eigenvalue weighted by atomic mass is 9.94. The van der Waals surface area contributed by atoms with Crippen molar-refractivity contribution < 1.29 is 0 Å². The van der Waals surface area contributed by atoms with E-state index in [0.717, 1.165) is 21.5 Å². The van der Waals surface area contributed by atoms with E-state index >= 15 is 0 Å². The topological polar surface area (TPSA) is 41.0 Å². The van der Waals surface area contributed by atoms with Crippen LogP contribution in [-0.4, -0.2) is 41.8 Å². The number of hydrogen-bond acceptors (Lipinski definition) is 5. The average Bonchev–Trinajstić information content (AvgIpc) is 2.67. The van der Waals surface area contributed by atoms with Crippen LogP contribution >= 0.6 is 27.3 Å². The van der Waals surface area contributed by atoms with Crippen LogP contribution in [0.15, 0.2) is 3.92 Å². The Hall–Kier alpha value is -0.200. The molecule has 0 aromatic carbocycles. The fourth-order valence-electron chi connectivity index (χ4n) is 2.01. The molecule has 1 aliphatic heterocycles. The summed E-state index contributed by atoms with van der Waals surface area (Å²) in [6.45, 7) is 3.50. The second-order valence-corrected chi connectivity index (χ2v) is 6.58. The Kier molecular flexibility index (Phi) is 4.55. The number of anilines is 1. The van der Waals surface area contributed by atoms with Crippen LogP contribution < -0.4 is 5.32 Å². The molecule has 0 unspecified atom stereocenters. The summed E-state index contributed by atoms with van der Waals surface area (Å²) in [5.74, 6) is 0.875. The Labute approximate surface area is 109 Å².